The van der Waals surface area contributed by atoms with Crippen LogP contribution in [-0.4, -0.2) is 18.6 Å². The van der Waals surface area contributed by atoms with Crippen LogP contribution < -0.4 is 15.8 Å². The van der Waals surface area contributed by atoms with Gasteiger partial charge >= 0.3 is 0 Å². The first-order chi connectivity index (χ1) is 8.20. The lowest BCUT2D eigenvalue weighted by Crippen LogP contribution is -2.25. The second kappa shape index (κ2) is 5.08. The first kappa shape index (κ1) is 11.8. The lowest BCUT2D eigenvalue weighted by molar-refractivity contribution is 0.0950. The molecule has 0 aliphatic heterocycles. The normalized spacial score (nSPS) is 14.4. The first-order valence-electron chi connectivity index (χ1n) is 6.04. The quantitative estimate of drug-likeness (QED) is 0.765. The van der Waals surface area contributed by atoms with Crippen LogP contribution in [0.5, 0.6) is 5.75 Å². The third-order valence-electron chi connectivity index (χ3n) is 2.65. The van der Waals surface area contributed by atoms with Crippen molar-refractivity contribution in [1.82, 2.24) is 5.32 Å². The predicted molar refractivity (Wildman–Crippen MR) is 67.1 cm³/mol. The number of amides is 1. The molecule has 1 amide bonds. The monoisotopic (exact) mass is 234 g/mol. The van der Waals surface area contributed by atoms with Crippen molar-refractivity contribution in [2.75, 3.05) is 12.3 Å². The molecule has 1 aliphatic carbocycles. The Bertz CT molecular complexity index is 414. The first-order valence-corrected chi connectivity index (χ1v) is 6.04. The van der Waals surface area contributed by atoms with Crippen molar-refractivity contribution in [3.63, 3.8) is 0 Å². The largest absolute Gasteiger partial charge is 0.491 e. The van der Waals surface area contributed by atoms with E-state index in [0.717, 1.165) is 19.3 Å². The van der Waals surface area contributed by atoms with Gasteiger partial charge in [0.2, 0.25) is 0 Å². The van der Waals surface area contributed by atoms with E-state index < -0.39 is 0 Å². The number of rotatable bonds is 5. The summed E-state index contributed by atoms with van der Waals surface area (Å²) in [7, 11) is 0. The van der Waals surface area contributed by atoms with Crippen LogP contribution in [-0.2, 0) is 0 Å². The van der Waals surface area contributed by atoms with Gasteiger partial charge in [-0.25, -0.2) is 0 Å². The number of carbonyl (C=O) groups excluding carboxylic acids is 1. The average molecular weight is 234 g/mol. The van der Waals surface area contributed by atoms with E-state index in [1.165, 1.54) is 0 Å². The molecule has 3 N–H and O–H groups in total. The predicted octanol–water partition coefficient (Wildman–Crippen LogP) is 1.95. The summed E-state index contributed by atoms with van der Waals surface area (Å²) >= 11 is 0. The number of nitrogens with one attached hydrogen (secondary N) is 1. The highest BCUT2D eigenvalue weighted by Crippen LogP contribution is 2.24. The van der Waals surface area contributed by atoms with Crippen molar-refractivity contribution in [3.05, 3.63) is 23.8 Å². The van der Waals surface area contributed by atoms with Gasteiger partial charge in [-0.15, -0.1) is 0 Å². The fourth-order valence-corrected chi connectivity index (χ4v) is 1.51. The minimum atomic E-state index is -0.0474. The molecule has 1 fully saturated rings. The van der Waals surface area contributed by atoms with E-state index in [4.69, 9.17) is 10.5 Å². The van der Waals surface area contributed by atoms with Crippen LogP contribution in [0.25, 0.3) is 0 Å². The molecule has 1 saturated carbocycles. The number of nitrogens with two attached hydrogens (primary N) is 1. The Morgan fingerprint density at radius 3 is 2.94 bits per heavy atom. The number of ether oxygens (including phenoxy) is 1. The van der Waals surface area contributed by atoms with Crippen LogP contribution in [0, 0.1) is 0 Å². The van der Waals surface area contributed by atoms with Crippen LogP contribution in [0.2, 0.25) is 0 Å². The summed E-state index contributed by atoms with van der Waals surface area (Å²) in [5, 5.41) is 2.94. The zero-order chi connectivity index (χ0) is 12.3. The molecule has 2 rings (SSSR count). The molecule has 0 saturated heterocycles. The molecular weight excluding hydrogens is 216 g/mol. The second-order valence-electron chi connectivity index (χ2n) is 4.35. The van der Waals surface area contributed by atoms with Crippen molar-refractivity contribution in [2.24, 2.45) is 0 Å². The van der Waals surface area contributed by atoms with Crippen LogP contribution >= 0.6 is 0 Å². The Hall–Kier alpha value is -1.71. The molecule has 0 heterocycles. The number of hydrogen-bond acceptors (Lipinski definition) is 3. The van der Waals surface area contributed by atoms with Gasteiger partial charge in [0.05, 0.1) is 12.3 Å². The summed E-state index contributed by atoms with van der Waals surface area (Å²) in [6, 6.07) is 5.52. The van der Waals surface area contributed by atoms with Crippen molar-refractivity contribution in [1.29, 1.82) is 0 Å². The molecule has 1 aromatic rings. The molecule has 92 valence electrons. The number of nitrogen functional groups attached to an aromatic ring is 1. The molecule has 0 unspecified atom stereocenters. The van der Waals surface area contributed by atoms with Gasteiger partial charge in [-0.05, 0) is 37.5 Å². The number of anilines is 1. The molecule has 1 aromatic carbocycles. The summed E-state index contributed by atoms with van der Waals surface area (Å²) in [6.07, 6.45) is 3.08. The van der Waals surface area contributed by atoms with E-state index in [2.05, 4.69) is 5.32 Å². The average Bonchev–Trinajstić information content (AvgIpc) is 3.11. The van der Waals surface area contributed by atoms with Crippen molar-refractivity contribution in [3.8, 4) is 5.75 Å². The summed E-state index contributed by atoms with van der Waals surface area (Å²) in [6.45, 7) is 2.64. The number of benzene rings is 1. The van der Waals surface area contributed by atoms with Crippen molar-refractivity contribution in [2.45, 2.75) is 32.2 Å². The van der Waals surface area contributed by atoms with Gasteiger partial charge in [0.1, 0.15) is 5.75 Å². The maximum atomic E-state index is 11.8. The highest BCUT2D eigenvalue weighted by Gasteiger charge is 2.24. The lowest BCUT2D eigenvalue weighted by Gasteiger charge is -2.10. The molecule has 0 aromatic heterocycles. The topological polar surface area (TPSA) is 64.3 Å². The maximum Gasteiger partial charge on any atom is 0.251 e. The molecule has 0 atom stereocenters. The van der Waals surface area contributed by atoms with E-state index in [9.17, 15) is 4.79 Å². The van der Waals surface area contributed by atoms with Crippen molar-refractivity contribution >= 4 is 11.6 Å². The van der Waals surface area contributed by atoms with Gasteiger partial charge in [-0.2, -0.15) is 0 Å². The fourth-order valence-electron chi connectivity index (χ4n) is 1.51. The molecule has 4 nitrogen and oxygen atoms in total. The molecule has 0 spiro atoms. The summed E-state index contributed by atoms with van der Waals surface area (Å²) in [5.41, 5.74) is 6.97. The molecule has 1 aliphatic rings. The number of hydrogen-bond donors (Lipinski definition) is 2. The summed E-state index contributed by atoms with van der Waals surface area (Å²) in [5.74, 6) is 0.546. The van der Waals surface area contributed by atoms with Crippen LogP contribution in [0.15, 0.2) is 18.2 Å². The third-order valence-corrected chi connectivity index (χ3v) is 2.65. The van der Waals surface area contributed by atoms with E-state index in [0.29, 0.717) is 29.6 Å². The molecule has 17 heavy (non-hydrogen) atoms. The van der Waals surface area contributed by atoms with Gasteiger partial charge in [0.25, 0.3) is 5.91 Å². The molecule has 4 heteroatoms. The SMILES string of the molecule is CCCOc1cc(C(=O)NC2CC2)ccc1N. The Morgan fingerprint density at radius 2 is 2.29 bits per heavy atom. The Kier molecular flexibility index (Phi) is 3.52. The second-order valence-corrected chi connectivity index (χ2v) is 4.35. The van der Waals surface area contributed by atoms with E-state index in [1.807, 2.05) is 6.92 Å². The highest BCUT2D eigenvalue weighted by atomic mass is 16.5. The molecule has 0 radical (unpaired) electrons. The van der Waals surface area contributed by atoms with Crippen LogP contribution in [0.4, 0.5) is 5.69 Å². The van der Waals surface area contributed by atoms with Crippen molar-refractivity contribution < 1.29 is 9.53 Å². The summed E-state index contributed by atoms with van der Waals surface area (Å²) < 4.78 is 5.49. The Labute approximate surface area is 101 Å². The lowest BCUT2D eigenvalue weighted by atomic mass is 10.1. The van der Waals surface area contributed by atoms with Gasteiger partial charge in [-0.1, -0.05) is 6.92 Å². The van der Waals surface area contributed by atoms with Gasteiger partial charge in [-0.3, -0.25) is 4.79 Å². The van der Waals surface area contributed by atoms with Gasteiger partial charge in [0, 0.05) is 11.6 Å². The van der Waals surface area contributed by atoms with Crippen LogP contribution in [0.1, 0.15) is 36.5 Å². The standard InChI is InChI=1S/C13H18N2O2/c1-2-7-17-12-8-9(3-6-11(12)14)13(16)15-10-4-5-10/h3,6,8,10H,2,4-5,7,14H2,1H3,(H,15,16). The van der Waals surface area contributed by atoms with Gasteiger partial charge in [0.15, 0.2) is 0 Å². The molecular formula is C13H18N2O2. The molecule has 0 bridgehead atoms. The Balaban J connectivity index is 2.08. The Morgan fingerprint density at radius 1 is 1.53 bits per heavy atom. The third kappa shape index (κ3) is 3.12. The van der Waals surface area contributed by atoms with Gasteiger partial charge < -0.3 is 15.8 Å². The van der Waals surface area contributed by atoms with E-state index in [-0.39, 0.29) is 5.91 Å². The summed E-state index contributed by atoms with van der Waals surface area (Å²) in [4.78, 5) is 11.8. The minimum Gasteiger partial charge on any atom is -0.491 e. The minimum absolute atomic E-state index is 0.0474. The van der Waals surface area contributed by atoms with E-state index >= 15 is 0 Å². The zero-order valence-electron chi connectivity index (χ0n) is 10.0. The highest BCUT2D eigenvalue weighted by molar-refractivity contribution is 5.95. The zero-order valence-corrected chi connectivity index (χ0v) is 10.0. The maximum absolute atomic E-state index is 11.8. The van der Waals surface area contributed by atoms with Crippen LogP contribution in [0.3, 0.4) is 0 Å². The number of carbonyl (C=O) groups is 1. The van der Waals surface area contributed by atoms with E-state index in [1.54, 1.807) is 18.2 Å². The fraction of sp³-hybridized carbons (Fsp3) is 0.462. The smallest absolute Gasteiger partial charge is 0.251 e.